The molecule has 0 aliphatic heterocycles. The van der Waals surface area contributed by atoms with Crippen LogP contribution in [0.2, 0.25) is 0 Å². The van der Waals surface area contributed by atoms with E-state index in [1.54, 1.807) is 0 Å². The van der Waals surface area contributed by atoms with Gasteiger partial charge in [-0.1, -0.05) is 0 Å². The summed E-state index contributed by atoms with van der Waals surface area (Å²) in [5.41, 5.74) is 1.17. The standard InChI is InChI=1S/C12H19N5/c1-4-16-6-5-12(15-16)14-8-11-7-13-9-17(11)10(2)3/h5-7,9-10H,4,8H2,1-3H3,(H,14,15). The molecule has 5 nitrogen and oxygen atoms in total. The summed E-state index contributed by atoms with van der Waals surface area (Å²) in [5, 5.41) is 7.68. The van der Waals surface area contributed by atoms with Crippen LogP contribution >= 0.6 is 0 Å². The number of rotatable bonds is 5. The van der Waals surface area contributed by atoms with Gasteiger partial charge in [0.15, 0.2) is 0 Å². The Labute approximate surface area is 101 Å². The van der Waals surface area contributed by atoms with Crippen LogP contribution in [0.3, 0.4) is 0 Å². The molecule has 0 saturated heterocycles. The minimum Gasteiger partial charge on any atom is -0.363 e. The summed E-state index contributed by atoms with van der Waals surface area (Å²) in [6, 6.07) is 2.42. The molecular formula is C12H19N5. The van der Waals surface area contributed by atoms with Crippen LogP contribution in [-0.2, 0) is 13.1 Å². The number of nitrogens with one attached hydrogen (secondary N) is 1. The van der Waals surface area contributed by atoms with E-state index in [1.165, 1.54) is 5.69 Å². The first-order valence-electron chi connectivity index (χ1n) is 5.98. The number of anilines is 1. The smallest absolute Gasteiger partial charge is 0.148 e. The first-order valence-corrected chi connectivity index (χ1v) is 5.98. The molecule has 5 heteroatoms. The predicted octanol–water partition coefficient (Wildman–Crippen LogP) is 2.29. The van der Waals surface area contributed by atoms with Crippen molar-refractivity contribution < 1.29 is 0 Å². The molecule has 2 aromatic heterocycles. The summed E-state index contributed by atoms with van der Waals surface area (Å²) < 4.78 is 4.06. The molecule has 2 heterocycles. The van der Waals surface area contributed by atoms with Crippen molar-refractivity contribution in [1.82, 2.24) is 19.3 Å². The van der Waals surface area contributed by atoms with E-state index in [4.69, 9.17) is 0 Å². The summed E-state index contributed by atoms with van der Waals surface area (Å²) in [5.74, 6) is 0.906. The fourth-order valence-corrected chi connectivity index (χ4v) is 1.75. The highest BCUT2D eigenvalue weighted by atomic mass is 15.3. The molecule has 2 aromatic rings. The second kappa shape index (κ2) is 5.03. The lowest BCUT2D eigenvalue weighted by Crippen LogP contribution is -2.09. The van der Waals surface area contributed by atoms with Gasteiger partial charge in [-0.05, 0) is 20.8 Å². The fourth-order valence-electron chi connectivity index (χ4n) is 1.75. The maximum atomic E-state index is 4.38. The van der Waals surface area contributed by atoms with Crippen LogP contribution < -0.4 is 5.32 Å². The zero-order chi connectivity index (χ0) is 12.3. The van der Waals surface area contributed by atoms with E-state index in [2.05, 4.69) is 40.7 Å². The van der Waals surface area contributed by atoms with E-state index < -0.39 is 0 Å². The average Bonchev–Trinajstić information content (AvgIpc) is 2.95. The van der Waals surface area contributed by atoms with Gasteiger partial charge in [-0.2, -0.15) is 5.10 Å². The Kier molecular flexibility index (Phi) is 3.46. The molecule has 0 bridgehead atoms. The van der Waals surface area contributed by atoms with Crippen molar-refractivity contribution in [2.24, 2.45) is 0 Å². The van der Waals surface area contributed by atoms with Crippen LogP contribution in [-0.4, -0.2) is 19.3 Å². The molecule has 1 N–H and O–H groups in total. The molecule has 0 saturated carbocycles. The van der Waals surface area contributed by atoms with Gasteiger partial charge in [-0.3, -0.25) is 4.68 Å². The number of hydrogen-bond acceptors (Lipinski definition) is 3. The minimum absolute atomic E-state index is 0.433. The predicted molar refractivity (Wildman–Crippen MR) is 67.8 cm³/mol. The number of hydrogen-bond donors (Lipinski definition) is 1. The number of aryl methyl sites for hydroxylation is 1. The molecule has 17 heavy (non-hydrogen) atoms. The molecule has 0 fully saturated rings. The summed E-state index contributed by atoms with van der Waals surface area (Å²) in [4.78, 5) is 4.17. The van der Waals surface area contributed by atoms with Crippen LogP contribution in [0, 0.1) is 0 Å². The van der Waals surface area contributed by atoms with E-state index in [-0.39, 0.29) is 0 Å². The first-order chi connectivity index (χ1) is 8.20. The molecule has 0 spiro atoms. The second-order valence-corrected chi connectivity index (χ2v) is 4.30. The zero-order valence-electron chi connectivity index (χ0n) is 10.6. The third-order valence-electron chi connectivity index (χ3n) is 2.72. The van der Waals surface area contributed by atoms with E-state index >= 15 is 0 Å². The average molecular weight is 233 g/mol. The zero-order valence-corrected chi connectivity index (χ0v) is 10.6. The molecule has 0 aromatic carbocycles. The summed E-state index contributed by atoms with van der Waals surface area (Å²) in [6.07, 6.45) is 5.73. The summed E-state index contributed by atoms with van der Waals surface area (Å²) in [7, 11) is 0. The fraction of sp³-hybridized carbons (Fsp3) is 0.500. The van der Waals surface area contributed by atoms with Gasteiger partial charge in [0.2, 0.25) is 0 Å². The van der Waals surface area contributed by atoms with Gasteiger partial charge in [0, 0.05) is 31.0 Å². The van der Waals surface area contributed by atoms with Crippen LogP contribution in [0.15, 0.2) is 24.8 Å². The summed E-state index contributed by atoms with van der Waals surface area (Å²) in [6.45, 7) is 8.02. The van der Waals surface area contributed by atoms with Crippen LogP contribution in [0.25, 0.3) is 0 Å². The molecule has 0 aliphatic carbocycles. The lowest BCUT2D eigenvalue weighted by Gasteiger charge is -2.11. The van der Waals surface area contributed by atoms with Crippen LogP contribution in [0.5, 0.6) is 0 Å². The third-order valence-corrected chi connectivity index (χ3v) is 2.72. The third kappa shape index (κ3) is 2.67. The maximum Gasteiger partial charge on any atom is 0.148 e. The van der Waals surface area contributed by atoms with E-state index in [0.29, 0.717) is 6.04 Å². The molecule has 0 unspecified atom stereocenters. The molecule has 0 radical (unpaired) electrons. The SMILES string of the molecule is CCn1ccc(NCc2cncn2C(C)C)n1. The number of nitrogens with zero attached hydrogens (tertiary/aromatic N) is 4. The Morgan fingerprint density at radius 2 is 2.24 bits per heavy atom. The van der Waals surface area contributed by atoms with E-state index in [1.807, 2.05) is 29.5 Å². The Morgan fingerprint density at radius 1 is 1.41 bits per heavy atom. The topological polar surface area (TPSA) is 47.7 Å². The van der Waals surface area contributed by atoms with Gasteiger partial charge in [0.25, 0.3) is 0 Å². The van der Waals surface area contributed by atoms with Gasteiger partial charge in [0.05, 0.1) is 18.6 Å². The highest BCUT2D eigenvalue weighted by molar-refractivity contribution is 5.32. The van der Waals surface area contributed by atoms with E-state index in [9.17, 15) is 0 Å². The Hall–Kier alpha value is -1.78. The van der Waals surface area contributed by atoms with Crippen molar-refractivity contribution in [3.63, 3.8) is 0 Å². The molecule has 0 aliphatic rings. The molecule has 92 valence electrons. The van der Waals surface area contributed by atoms with Crippen molar-refractivity contribution in [3.8, 4) is 0 Å². The maximum absolute atomic E-state index is 4.38. The quantitative estimate of drug-likeness (QED) is 0.862. The van der Waals surface area contributed by atoms with Crippen molar-refractivity contribution in [2.75, 3.05) is 5.32 Å². The van der Waals surface area contributed by atoms with Gasteiger partial charge >= 0.3 is 0 Å². The van der Waals surface area contributed by atoms with E-state index in [0.717, 1.165) is 18.9 Å². The Morgan fingerprint density at radius 3 is 2.88 bits per heavy atom. The van der Waals surface area contributed by atoms with Crippen molar-refractivity contribution >= 4 is 5.82 Å². The van der Waals surface area contributed by atoms with Crippen molar-refractivity contribution in [1.29, 1.82) is 0 Å². The molecular weight excluding hydrogens is 214 g/mol. The molecule has 2 rings (SSSR count). The number of imidazole rings is 1. The normalized spacial score (nSPS) is 11.1. The van der Waals surface area contributed by atoms with Gasteiger partial charge < -0.3 is 9.88 Å². The highest BCUT2D eigenvalue weighted by Gasteiger charge is 2.05. The lowest BCUT2D eigenvalue weighted by molar-refractivity contribution is 0.577. The van der Waals surface area contributed by atoms with Crippen molar-refractivity contribution in [2.45, 2.75) is 39.9 Å². The Balaban J connectivity index is 1.99. The molecule has 0 atom stereocenters. The van der Waals surface area contributed by atoms with Gasteiger partial charge in [0.1, 0.15) is 5.82 Å². The van der Waals surface area contributed by atoms with Gasteiger partial charge in [-0.25, -0.2) is 4.98 Å². The first kappa shape index (κ1) is 11.7. The Bertz CT molecular complexity index is 469. The number of aromatic nitrogens is 4. The lowest BCUT2D eigenvalue weighted by atomic mass is 10.3. The monoisotopic (exact) mass is 233 g/mol. The van der Waals surface area contributed by atoms with Crippen LogP contribution in [0.4, 0.5) is 5.82 Å². The summed E-state index contributed by atoms with van der Waals surface area (Å²) >= 11 is 0. The van der Waals surface area contributed by atoms with Gasteiger partial charge in [-0.15, -0.1) is 0 Å². The largest absolute Gasteiger partial charge is 0.363 e. The van der Waals surface area contributed by atoms with Crippen molar-refractivity contribution in [3.05, 3.63) is 30.5 Å². The van der Waals surface area contributed by atoms with Crippen LogP contribution in [0.1, 0.15) is 32.5 Å². The molecule has 0 amide bonds. The second-order valence-electron chi connectivity index (χ2n) is 4.30. The highest BCUT2D eigenvalue weighted by Crippen LogP contribution is 2.11. The minimum atomic E-state index is 0.433.